The quantitative estimate of drug-likeness (QED) is 0.472. The third-order valence-corrected chi connectivity index (χ3v) is 8.03. The molecule has 4 heterocycles. The van der Waals surface area contributed by atoms with Crippen molar-refractivity contribution in [3.63, 3.8) is 0 Å². The summed E-state index contributed by atoms with van der Waals surface area (Å²) in [6.07, 6.45) is 3.31. The van der Waals surface area contributed by atoms with Crippen molar-refractivity contribution in [2.45, 2.75) is 38.3 Å². The Morgan fingerprint density at radius 3 is 2.97 bits per heavy atom. The van der Waals surface area contributed by atoms with Crippen LogP contribution in [-0.4, -0.2) is 66.8 Å². The maximum absolute atomic E-state index is 15.2. The summed E-state index contributed by atoms with van der Waals surface area (Å²) >= 11 is 1.23. The van der Waals surface area contributed by atoms with Crippen LogP contribution in [0.25, 0.3) is 10.3 Å². The van der Waals surface area contributed by atoms with Gasteiger partial charge in [-0.25, -0.2) is 19.3 Å². The number of carbonyl (C=O) groups excluding carboxylic acids is 1. The largest absolute Gasteiger partial charge is 0.396 e. The number of fused-ring (bicyclic) bond motifs is 2. The maximum Gasteiger partial charge on any atom is 0.263 e. The average Bonchev–Trinajstić information content (AvgIpc) is 3.40. The number of nitrogens with two attached hydrogens (primary N) is 1. The van der Waals surface area contributed by atoms with E-state index in [0.29, 0.717) is 64.1 Å². The molecule has 0 radical (unpaired) electrons. The number of anilines is 2. The predicted molar refractivity (Wildman–Crippen MR) is 134 cm³/mol. The van der Waals surface area contributed by atoms with Crippen LogP contribution in [0.5, 0.6) is 0 Å². The van der Waals surface area contributed by atoms with Gasteiger partial charge in [0.1, 0.15) is 26.9 Å². The minimum absolute atomic E-state index is 0.198. The number of likely N-dealkylation sites (N-methyl/N-ethyl adjacent to an activating group) is 1. The van der Waals surface area contributed by atoms with Gasteiger partial charge in [0.25, 0.3) is 5.91 Å². The van der Waals surface area contributed by atoms with Crippen LogP contribution in [0, 0.1) is 18.7 Å². The second-order valence-corrected chi connectivity index (χ2v) is 10.3. The molecule has 3 atom stereocenters. The van der Waals surface area contributed by atoms with Gasteiger partial charge < -0.3 is 26.0 Å². The molecule has 2 aliphatic rings. The molecule has 4 N–H and O–H groups in total. The molecule has 1 saturated heterocycles. The van der Waals surface area contributed by atoms with Crippen molar-refractivity contribution >= 4 is 39.1 Å². The summed E-state index contributed by atoms with van der Waals surface area (Å²) in [7, 11) is 3.64. The first-order valence-electron chi connectivity index (χ1n) is 11.8. The van der Waals surface area contributed by atoms with Gasteiger partial charge in [-0.15, -0.1) is 11.3 Å². The van der Waals surface area contributed by atoms with Crippen LogP contribution in [0.4, 0.5) is 15.9 Å². The number of ether oxygens (including phenoxy) is 1. The number of hydrogen-bond donors (Lipinski definition) is 3. The molecule has 186 valence electrons. The Kier molecular flexibility index (Phi) is 6.56. The Morgan fingerprint density at radius 2 is 2.20 bits per heavy atom. The molecule has 0 spiro atoms. The van der Waals surface area contributed by atoms with E-state index in [1.54, 1.807) is 13.3 Å². The number of hydrogen-bond acceptors (Lipinski definition) is 9. The van der Waals surface area contributed by atoms with Crippen molar-refractivity contribution in [3.05, 3.63) is 39.9 Å². The lowest BCUT2D eigenvalue weighted by molar-refractivity contribution is 0.0938. The van der Waals surface area contributed by atoms with Gasteiger partial charge in [0.15, 0.2) is 0 Å². The molecule has 1 aliphatic heterocycles. The molecule has 1 aliphatic carbocycles. The van der Waals surface area contributed by atoms with E-state index in [9.17, 15) is 4.79 Å². The number of rotatable bonds is 6. The zero-order chi connectivity index (χ0) is 24.7. The Balaban J connectivity index is 1.30. The molecule has 11 heteroatoms. The first-order chi connectivity index (χ1) is 16.9. The molecule has 1 amide bonds. The van der Waals surface area contributed by atoms with Gasteiger partial charge in [-0.2, -0.15) is 0 Å². The fourth-order valence-corrected chi connectivity index (χ4v) is 6.10. The third-order valence-electron chi connectivity index (χ3n) is 6.94. The predicted octanol–water partition coefficient (Wildman–Crippen LogP) is 2.07. The van der Waals surface area contributed by atoms with Gasteiger partial charge in [-0.3, -0.25) is 4.79 Å². The molecule has 0 bridgehead atoms. The van der Waals surface area contributed by atoms with Gasteiger partial charge in [0.2, 0.25) is 0 Å². The topological polar surface area (TPSA) is 118 Å². The number of halogens is 1. The lowest BCUT2D eigenvalue weighted by atomic mass is 9.91. The summed E-state index contributed by atoms with van der Waals surface area (Å²) in [4.78, 5) is 29.7. The van der Waals surface area contributed by atoms with Crippen LogP contribution in [0.2, 0.25) is 0 Å². The molecule has 3 aromatic heterocycles. The highest BCUT2D eigenvalue weighted by atomic mass is 32.1. The maximum atomic E-state index is 15.2. The van der Waals surface area contributed by atoms with Gasteiger partial charge in [0.05, 0.1) is 18.0 Å². The number of nitrogens with zero attached hydrogens (tertiary/aromatic N) is 4. The van der Waals surface area contributed by atoms with E-state index in [4.69, 9.17) is 15.5 Å². The lowest BCUT2D eigenvalue weighted by Crippen LogP contribution is -2.39. The smallest absolute Gasteiger partial charge is 0.263 e. The molecule has 0 aromatic carbocycles. The number of aromatic nitrogens is 3. The Labute approximate surface area is 207 Å². The van der Waals surface area contributed by atoms with E-state index in [2.05, 4.69) is 25.5 Å². The fourth-order valence-electron chi connectivity index (χ4n) is 5.10. The van der Waals surface area contributed by atoms with Crippen molar-refractivity contribution in [3.8, 4) is 0 Å². The minimum atomic E-state index is -0.275. The summed E-state index contributed by atoms with van der Waals surface area (Å²) in [5.74, 6) is 0.435. The zero-order valence-electron chi connectivity index (χ0n) is 20.1. The molecule has 3 aromatic rings. The summed E-state index contributed by atoms with van der Waals surface area (Å²) in [5.41, 5.74) is 9.17. The van der Waals surface area contributed by atoms with E-state index in [1.807, 2.05) is 14.0 Å². The van der Waals surface area contributed by atoms with Crippen LogP contribution < -0.4 is 21.3 Å². The van der Waals surface area contributed by atoms with Crippen molar-refractivity contribution in [2.75, 3.05) is 44.5 Å². The summed E-state index contributed by atoms with van der Waals surface area (Å²) in [6.45, 7) is 4.01. The van der Waals surface area contributed by atoms with Crippen LogP contribution in [0.1, 0.15) is 33.0 Å². The number of carbonyl (C=O) groups is 1. The van der Waals surface area contributed by atoms with Crippen molar-refractivity contribution in [1.82, 2.24) is 25.6 Å². The van der Waals surface area contributed by atoms with Gasteiger partial charge in [-0.1, -0.05) is 0 Å². The van der Waals surface area contributed by atoms with Crippen LogP contribution >= 0.6 is 11.3 Å². The highest BCUT2D eigenvalue weighted by Crippen LogP contribution is 2.32. The Bertz CT molecular complexity index is 1270. The molecule has 0 saturated carbocycles. The van der Waals surface area contributed by atoms with Gasteiger partial charge in [-0.05, 0) is 33.2 Å². The molecule has 3 unspecified atom stereocenters. The average molecular weight is 500 g/mol. The highest BCUT2D eigenvalue weighted by molar-refractivity contribution is 7.21. The van der Waals surface area contributed by atoms with E-state index in [-0.39, 0.29) is 23.8 Å². The molecule has 5 rings (SSSR count). The number of nitrogens with one attached hydrogen (secondary N) is 2. The van der Waals surface area contributed by atoms with E-state index < -0.39 is 0 Å². The summed E-state index contributed by atoms with van der Waals surface area (Å²) < 4.78 is 20.6. The van der Waals surface area contributed by atoms with Crippen LogP contribution in [0.15, 0.2) is 12.3 Å². The SMILES string of the molecule is CNC1CN(c2cc(F)c3c(n2)CCC(NC(=O)c2sc4nc(C)cnc4c2N)C3)CC1COC. The van der Waals surface area contributed by atoms with Crippen molar-refractivity contribution < 1.29 is 13.9 Å². The molecule has 1 fully saturated rings. The third kappa shape index (κ3) is 4.55. The molecule has 35 heavy (non-hydrogen) atoms. The highest BCUT2D eigenvalue weighted by Gasteiger charge is 2.34. The Hall–Kier alpha value is -2.89. The fraction of sp³-hybridized carbons (Fsp3) is 0.500. The van der Waals surface area contributed by atoms with Gasteiger partial charge in [0, 0.05) is 61.7 Å². The second-order valence-electron chi connectivity index (χ2n) is 9.33. The summed E-state index contributed by atoms with van der Waals surface area (Å²) in [5, 5.41) is 6.36. The zero-order valence-corrected chi connectivity index (χ0v) is 20.9. The normalized spacial score (nSPS) is 21.9. The monoisotopic (exact) mass is 499 g/mol. The van der Waals surface area contributed by atoms with E-state index in [0.717, 1.165) is 24.5 Å². The first-order valence-corrected chi connectivity index (χ1v) is 12.6. The van der Waals surface area contributed by atoms with E-state index in [1.165, 1.54) is 17.4 Å². The van der Waals surface area contributed by atoms with Gasteiger partial charge >= 0.3 is 0 Å². The standard InChI is InChI=1S/C24H30FN7O2S/c1-12-8-28-21-20(26)22(35-24(21)29-12)23(33)30-14-4-5-17-15(6-14)16(25)7-19(31-17)32-9-13(11-34-3)18(10-32)27-2/h7-8,13-14,18,27H,4-6,9-11,26H2,1-3H3,(H,30,33). The lowest BCUT2D eigenvalue weighted by Gasteiger charge is -2.27. The molecular weight excluding hydrogens is 469 g/mol. The number of methoxy groups -OCH3 is 1. The van der Waals surface area contributed by atoms with Crippen molar-refractivity contribution in [1.29, 1.82) is 0 Å². The van der Waals surface area contributed by atoms with Crippen LogP contribution in [0.3, 0.4) is 0 Å². The number of amides is 1. The Morgan fingerprint density at radius 1 is 1.37 bits per heavy atom. The first kappa shape index (κ1) is 23.8. The molecular formula is C24H30FN7O2S. The minimum Gasteiger partial charge on any atom is -0.396 e. The van der Waals surface area contributed by atoms with Crippen LogP contribution in [-0.2, 0) is 17.6 Å². The molecule has 9 nitrogen and oxygen atoms in total. The number of nitrogen functional groups attached to an aromatic ring is 1. The number of pyridine rings is 1. The number of aryl methyl sites for hydroxylation is 2. The second kappa shape index (κ2) is 9.63. The van der Waals surface area contributed by atoms with Crippen molar-refractivity contribution in [2.24, 2.45) is 5.92 Å². The summed E-state index contributed by atoms with van der Waals surface area (Å²) in [6, 6.07) is 1.59. The van der Waals surface area contributed by atoms with E-state index >= 15 is 4.39 Å². The number of thiophene rings is 1.